The molecule has 0 amide bonds. The number of fused-ring (bicyclic) bond motifs is 2. The van der Waals surface area contributed by atoms with Crippen molar-refractivity contribution in [3.63, 3.8) is 0 Å². The first kappa shape index (κ1) is 7.53. The normalized spacial score (nSPS) is 36.8. The molecule has 2 atom stereocenters. The van der Waals surface area contributed by atoms with Crippen molar-refractivity contribution < 1.29 is 4.74 Å². The summed E-state index contributed by atoms with van der Waals surface area (Å²) >= 11 is 0. The Balaban J connectivity index is 1.70. The van der Waals surface area contributed by atoms with Gasteiger partial charge < -0.3 is 10.1 Å². The second kappa shape index (κ2) is 3.09. The standard InChI is InChI=1S/C8H16N2O/c1-11-3-2-10-5-7-4-8(6-10)9-7/h7-9H,2-6H2,1H3. The molecular formula is C8H16N2O. The summed E-state index contributed by atoms with van der Waals surface area (Å²) in [5.41, 5.74) is 0. The fourth-order valence-electron chi connectivity index (χ4n) is 2.01. The Morgan fingerprint density at radius 1 is 1.45 bits per heavy atom. The zero-order valence-electron chi connectivity index (χ0n) is 7.05. The number of nitrogens with one attached hydrogen (secondary N) is 1. The molecule has 3 rings (SSSR count). The summed E-state index contributed by atoms with van der Waals surface area (Å²) in [4.78, 5) is 2.48. The Labute approximate surface area is 67.7 Å². The van der Waals surface area contributed by atoms with Crippen molar-refractivity contribution in [3.8, 4) is 0 Å². The van der Waals surface area contributed by atoms with Crippen LogP contribution < -0.4 is 5.32 Å². The van der Waals surface area contributed by atoms with Crippen LogP contribution in [0.4, 0.5) is 0 Å². The molecule has 0 aromatic heterocycles. The SMILES string of the molecule is COCCN1CC2CC(C1)N2. The zero-order valence-corrected chi connectivity index (χ0v) is 7.05. The van der Waals surface area contributed by atoms with E-state index in [1.54, 1.807) is 7.11 Å². The monoisotopic (exact) mass is 156 g/mol. The number of piperazine rings is 1. The highest BCUT2D eigenvalue weighted by atomic mass is 16.5. The maximum absolute atomic E-state index is 5.03. The maximum Gasteiger partial charge on any atom is 0.0589 e. The Kier molecular flexibility index (Phi) is 2.11. The van der Waals surface area contributed by atoms with Crippen LogP contribution in [0.25, 0.3) is 0 Å². The minimum Gasteiger partial charge on any atom is -0.383 e. The van der Waals surface area contributed by atoms with Crippen molar-refractivity contribution in [1.82, 2.24) is 10.2 Å². The van der Waals surface area contributed by atoms with E-state index in [2.05, 4.69) is 10.2 Å². The van der Waals surface area contributed by atoms with Crippen LogP contribution in [0.2, 0.25) is 0 Å². The molecule has 0 radical (unpaired) electrons. The number of hydrogen-bond acceptors (Lipinski definition) is 3. The van der Waals surface area contributed by atoms with Crippen molar-refractivity contribution in [2.75, 3.05) is 33.4 Å². The lowest BCUT2D eigenvalue weighted by Gasteiger charge is -2.48. The Morgan fingerprint density at radius 2 is 2.09 bits per heavy atom. The number of hydrogen-bond donors (Lipinski definition) is 1. The quantitative estimate of drug-likeness (QED) is 0.606. The van der Waals surface area contributed by atoms with E-state index in [4.69, 9.17) is 4.74 Å². The summed E-state index contributed by atoms with van der Waals surface area (Å²) in [5, 5.41) is 3.50. The highest BCUT2D eigenvalue weighted by Gasteiger charge is 2.35. The molecule has 0 spiro atoms. The van der Waals surface area contributed by atoms with Gasteiger partial charge in [-0.05, 0) is 6.42 Å². The Bertz CT molecular complexity index is 124. The van der Waals surface area contributed by atoms with E-state index >= 15 is 0 Å². The average molecular weight is 156 g/mol. The van der Waals surface area contributed by atoms with Crippen molar-refractivity contribution in [3.05, 3.63) is 0 Å². The number of ether oxygens (including phenoxy) is 1. The summed E-state index contributed by atoms with van der Waals surface area (Å²) < 4.78 is 5.03. The van der Waals surface area contributed by atoms with Crippen molar-refractivity contribution in [1.29, 1.82) is 0 Å². The van der Waals surface area contributed by atoms with Gasteiger partial charge in [0.05, 0.1) is 6.61 Å². The van der Waals surface area contributed by atoms with Gasteiger partial charge in [0.15, 0.2) is 0 Å². The van der Waals surface area contributed by atoms with Crippen LogP contribution in [-0.2, 0) is 4.74 Å². The molecular weight excluding hydrogens is 140 g/mol. The molecule has 3 saturated heterocycles. The summed E-state index contributed by atoms with van der Waals surface area (Å²) in [5.74, 6) is 0. The third kappa shape index (κ3) is 1.55. The van der Waals surface area contributed by atoms with Gasteiger partial charge in [0.2, 0.25) is 0 Å². The summed E-state index contributed by atoms with van der Waals surface area (Å²) in [7, 11) is 1.77. The summed E-state index contributed by atoms with van der Waals surface area (Å²) in [6.07, 6.45) is 1.39. The van der Waals surface area contributed by atoms with Gasteiger partial charge in [0.25, 0.3) is 0 Å². The average Bonchev–Trinajstić information content (AvgIpc) is 2.00. The molecule has 1 N–H and O–H groups in total. The van der Waals surface area contributed by atoms with Crippen LogP contribution in [0.3, 0.4) is 0 Å². The predicted molar refractivity (Wildman–Crippen MR) is 43.6 cm³/mol. The molecule has 3 nitrogen and oxygen atoms in total. The van der Waals surface area contributed by atoms with Gasteiger partial charge in [-0.15, -0.1) is 0 Å². The van der Waals surface area contributed by atoms with E-state index < -0.39 is 0 Å². The lowest BCUT2D eigenvalue weighted by molar-refractivity contribution is 0.0558. The van der Waals surface area contributed by atoms with Crippen LogP contribution in [0.1, 0.15) is 6.42 Å². The van der Waals surface area contributed by atoms with Crippen LogP contribution in [0, 0.1) is 0 Å². The minimum atomic E-state index is 0.783. The van der Waals surface area contributed by atoms with Crippen LogP contribution in [0.5, 0.6) is 0 Å². The molecule has 0 aromatic rings. The van der Waals surface area contributed by atoms with Crippen LogP contribution in [0.15, 0.2) is 0 Å². The van der Waals surface area contributed by atoms with Gasteiger partial charge in [0, 0.05) is 38.8 Å². The molecule has 3 heteroatoms. The highest BCUT2D eigenvalue weighted by Crippen LogP contribution is 2.19. The minimum absolute atomic E-state index is 0.783. The smallest absolute Gasteiger partial charge is 0.0589 e. The van der Waals surface area contributed by atoms with E-state index in [1.807, 2.05) is 0 Å². The van der Waals surface area contributed by atoms with Crippen molar-refractivity contribution in [2.45, 2.75) is 18.5 Å². The largest absolute Gasteiger partial charge is 0.383 e. The Hall–Kier alpha value is -0.120. The zero-order chi connectivity index (χ0) is 7.68. The molecule has 0 aliphatic carbocycles. The van der Waals surface area contributed by atoms with Crippen LogP contribution in [-0.4, -0.2) is 50.3 Å². The lowest BCUT2D eigenvalue weighted by atomic mass is 9.91. The molecule has 0 saturated carbocycles. The van der Waals surface area contributed by atoms with Gasteiger partial charge in [-0.1, -0.05) is 0 Å². The molecule has 64 valence electrons. The number of nitrogens with zero attached hydrogens (tertiary/aromatic N) is 1. The van der Waals surface area contributed by atoms with E-state index in [0.717, 1.165) is 25.2 Å². The maximum atomic E-state index is 5.03. The van der Waals surface area contributed by atoms with Gasteiger partial charge in [-0.2, -0.15) is 0 Å². The summed E-state index contributed by atoms with van der Waals surface area (Å²) in [6, 6.07) is 1.57. The van der Waals surface area contributed by atoms with Crippen molar-refractivity contribution in [2.24, 2.45) is 0 Å². The third-order valence-electron chi connectivity index (χ3n) is 2.61. The van der Waals surface area contributed by atoms with E-state index in [1.165, 1.54) is 19.5 Å². The molecule has 11 heavy (non-hydrogen) atoms. The molecule has 0 aromatic carbocycles. The first-order valence-corrected chi connectivity index (χ1v) is 4.36. The fraction of sp³-hybridized carbons (Fsp3) is 1.00. The lowest BCUT2D eigenvalue weighted by Crippen LogP contribution is -2.66. The highest BCUT2D eigenvalue weighted by molar-refractivity contribution is 4.97. The molecule has 3 heterocycles. The topological polar surface area (TPSA) is 24.5 Å². The number of piperidine rings is 1. The predicted octanol–water partition coefficient (Wildman–Crippen LogP) is -0.321. The van der Waals surface area contributed by atoms with Crippen molar-refractivity contribution >= 4 is 0 Å². The molecule has 3 aliphatic rings. The fourth-order valence-corrected chi connectivity index (χ4v) is 2.01. The second-order valence-electron chi connectivity index (χ2n) is 3.55. The first-order valence-electron chi connectivity index (χ1n) is 4.36. The van der Waals surface area contributed by atoms with Gasteiger partial charge in [0.1, 0.15) is 0 Å². The van der Waals surface area contributed by atoms with E-state index in [-0.39, 0.29) is 0 Å². The van der Waals surface area contributed by atoms with E-state index in [9.17, 15) is 0 Å². The molecule has 3 aliphatic heterocycles. The summed E-state index contributed by atoms with van der Waals surface area (Å²) in [6.45, 7) is 4.42. The van der Waals surface area contributed by atoms with E-state index in [0.29, 0.717) is 0 Å². The molecule has 2 bridgehead atoms. The Morgan fingerprint density at radius 3 is 2.64 bits per heavy atom. The van der Waals surface area contributed by atoms with Crippen LogP contribution >= 0.6 is 0 Å². The van der Waals surface area contributed by atoms with Gasteiger partial charge >= 0.3 is 0 Å². The third-order valence-corrected chi connectivity index (χ3v) is 2.61. The molecule has 3 fully saturated rings. The van der Waals surface area contributed by atoms with Gasteiger partial charge in [-0.25, -0.2) is 0 Å². The number of rotatable bonds is 3. The van der Waals surface area contributed by atoms with Gasteiger partial charge in [-0.3, -0.25) is 4.90 Å². The molecule has 2 unspecified atom stereocenters. The number of methoxy groups -OCH3 is 1. The first-order chi connectivity index (χ1) is 5.38. The second-order valence-corrected chi connectivity index (χ2v) is 3.55.